The van der Waals surface area contributed by atoms with E-state index in [1.165, 1.54) is 19.3 Å². The van der Waals surface area contributed by atoms with Crippen LogP contribution in [0.15, 0.2) is 18.2 Å². The van der Waals surface area contributed by atoms with E-state index in [0.717, 1.165) is 63.5 Å². The van der Waals surface area contributed by atoms with Gasteiger partial charge in [0.25, 0.3) is 0 Å². The summed E-state index contributed by atoms with van der Waals surface area (Å²) < 4.78 is 14.3. The maximum absolute atomic E-state index is 14.3. The van der Waals surface area contributed by atoms with Crippen LogP contribution in [-0.2, 0) is 13.1 Å². The van der Waals surface area contributed by atoms with Gasteiger partial charge in [0.2, 0.25) is 0 Å². The van der Waals surface area contributed by atoms with Crippen LogP contribution in [-0.4, -0.2) is 49.1 Å². The lowest BCUT2D eigenvalue weighted by Crippen LogP contribution is -2.42. The standard InChI is InChI=1S/C17H26FN3/c18-17-12-15(13-21-10-6-19-7-11-21)4-5-16(17)14-20-8-2-1-3-9-20/h4-5,12,19H,1-3,6-11,13-14H2. The number of piperazine rings is 1. The van der Waals surface area contributed by atoms with Crippen molar-refractivity contribution in [2.75, 3.05) is 39.3 Å². The van der Waals surface area contributed by atoms with E-state index in [2.05, 4.69) is 21.2 Å². The Labute approximate surface area is 127 Å². The van der Waals surface area contributed by atoms with Gasteiger partial charge in [0, 0.05) is 44.8 Å². The number of hydrogen-bond acceptors (Lipinski definition) is 3. The van der Waals surface area contributed by atoms with Crippen molar-refractivity contribution >= 4 is 0 Å². The third-order valence-corrected chi connectivity index (χ3v) is 4.58. The van der Waals surface area contributed by atoms with E-state index in [0.29, 0.717) is 0 Å². The van der Waals surface area contributed by atoms with E-state index < -0.39 is 0 Å². The molecule has 0 atom stereocenters. The minimum absolute atomic E-state index is 0.0341. The Morgan fingerprint density at radius 1 is 0.905 bits per heavy atom. The zero-order valence-electron chi connectivity index (χ0n) is 12.8. The number of likely N-dealkylation sites (tertiary alicyclic amines) is 1. The first-order valence-electron chi connectivity index (χ1n) is 8.24. The van der Waals surface area contributed by atoms with Gasteiger partial charge in [-0.2, -0.15) is 0 Å². The number of piperidine rings is 1. The molecule has 0 bridgehead atoms. The van der Waals surface area contributed by atoms with Crippen molar-refractivity contribution in [3.63, 3.8) is 0 Å². The fourth-order valence-electron chi connectivity index (χ4n) is 3.30. The molecule has 4 heteroatoms. The average molecular weight is 291 g/mol. The predicted octanol–water partition coefficient (Wildman–Crippen LogP) is 2.22. The Hall–Kier alpha value is -0.970. The molecule has 2 saturated heterocycles. The molecule has 21 heavy (non-hydrogen) atoms. The van der Waals surface area contributed by atoms with E-state index in [1.807, 2.05) is 6.07 Å². The van der Waals surface area contributed by atoms with E-state index in [9.17, 15) is 4.39 Å². The highest BCUT2D eigenvalue weighted by atomic mass is 19.1. The summed E-state index contributed by atoms with van der Waals surface area (Å²) in [6.45, 7) is 8.03. The van der Waals surface area contributed by atoms with Crippen LogP contribution in [0.25, 0.3) is 0 Å². The highest BCUT2D eigenvalue weighted by Gasteiger charge is 2.14. The smallest absolute Gasteiger partial charge is 0.128 e. The first kappa shape index (κ1) is 14.9. The minimum Gasteiger partial charge on any atom is -0.314 e. The summed E-state index contributed by atoms with van der Waals surface area (Å²) in [5, 5.41) is 3.35. The number of nitrogens with one attached hydrogen (secondary N) is 1. The van der Waals surface area contributed by atoms with Gasteiger partial charge in [-0.25, -0.2) is 4.39 Å². The van der Waals surface area contributed by atoms with Gasteiger partial charge in [-0.05, 0) is 37.6 Å². The SMILES string of the molecule is Fc1cc(CN2CCNCC2)ccc1CN1CCCCC1. The normalized spacial score (nSPS) is 21.6. The topological polar surface area (TPSA) is 18.5 Å². The molecule has 116 valence electrons. The molecule has 1 N–H and O–H groups in total. The van der Waals surface area contributed by atoms with E-state index in [4.69, 9.17) is 0 Å². The maximum atomic E-state index is 14.3. The lowest BCUT2D eigenvalue weighted by Gasteiger charge is -2.28. The third kappa shape index (κ3) is 4.25. The lowest BCUT2D eigenvalue weighted by molar-refractivity contribution is 0.218. The molecule has 0 aliphatic carbocycles. The molecule has 0 spiro atoms. The van der Waals surface area contributed by atoms with Crippen LogP contribution in [0.3, 0.4) is 0 Å². The molecule has 2 aliphatic rings. The van der Waals surface area contributed by atoms with E-state index in [-0.39, 0.29) is 5.82 Å². The highest BCUT2D eigenvalue weighted by molar-refractivity contribution is 5.24. The van der Waals surface area contributed by atoms with Crippen LogP contribution in [0.1, 0.15) is 30.4 Å². The quantitative estimate of drug-likeness (QED) is 0.917. The fraction of sp³-hybridized carbons (Fsp3) is 0.647. The molecule has 2 heterocycles. The van der Waals surface area contributed by atoms with Crippen LogP contribution >= 0.6 is 0 Å². The van der Waals surface area contributed by atoms with Crippen LogP contribution in [0.2, 0.25) is 0 Å². The Morgan fingerprint density at radius 3 is 2.33 bits per heavy atom. The molecule has 2 aliphatic heterocycles. The molecular weight excluding hydrogens is 265 g/mol. The van der Waals surface area contributed by atoms with Crippen molar-refractivity contribution in [3.05, 3.63) is 35.1 Å². The first-order chi connectivity index (χ1) is 10.3. The summed E-state index contributed by atoms with van der Waals surface area (Å²) in [4.78, 5) is 4.76. The molecule has 0 unspecified atom stereocenters. The van der Waals surface area contributed by atoms with Gasteiger partial charge in [-0.3, -0.25) is 9.80 Å². The maximum Gasteiger partial charge on any atom is 0.128 e. The first-order valence-corrected chi connectivity index (χ1v) is 8.24. The third-order valence-electron chi connectivity index (χ3n) is 4.58. The average Bonchev–Trinajstić information content (AvgIpc) is 2.52. The Morgan fingerprint density at radius 2 is 1.62 bits per heavy atom. The second-order valence-electron chi connectivity index (χ2n) is 6.29. The predicted molar refractivity (Wildman–Crippen MR) is 83.7 cm³/mol. The van der Waals surface area contributed by atoms with Crippen molar-refractivity contribution in [2.24, 2.45) is 0 Å². The van der Waals surface area contributed by atoms with E-state index in [1.54, 1.807) is 6.07 Å². The number of nitrogens with zero attached hydrogens (tertiary/aromatic N) is 2. The highest BCUT2D eigenvalue weighted by Crippen LogP contribution is 2.17. The number of benzene rings is 1. The molecule has 0 amide bonds. The molecule has 0 aromatic heterocycles. The molecule has 2 fully saturated rings. The van der Waals surface area contributed by atoms with Crippen LogP contribution in [0.5, 0.6) is 0 Å². The Balaban J connectivity index is 1.59. The van der Waals surface area contributed by atoms with Crippen molar-refractivity contribution in [1.82, 2.24) is 15.1 Å². The number of rotatable bonds is 4. The van der Waals surface area contributed by atoms with E-state index >= 15 is 0 Å². The Bertz CT molecular complexity index is 451. The van der Waals surface area contributed by atoms with Crippen LogP contribution < -0.4 is 5.32 Å². The molecule has 3 nitrogen and oxygen atoms in total. The monoisotopic (exact) mass is 291 g/mol. The van der Waals surface area contributed by atoms with Crippen LogP contribution in [0, 0.1) is 5.82 Å². The number of halogens is 1. The molecule has 3 rings (SSSR count). The van der Waals surface area contributed by atoms with Gasteiger partial charge in [0.15, 0.2) is 0 Å². The Kier molecular flexibility index (Phi) is 5.22. The summed E-state index contributed by atoms with van der Waals surface area (Å²) in [6, 6.07) is 5.83. The summed E-state index contributed by atoms with van der Waals surface area (Å²) in [6.07, 6.45) is 3.83. The summed E-state index contributed by atoms with van der Waals surface area (Å²) >= 11 is 0. The van der Waals surface area contributed by atoms with Gasteiger partial charge in [-0.1, -0.05) is 18.6 Å². The molecule has 1 aromatic carbocycles. The molecule has 1 aromatic rings. The van der Waals surface area contributed by atoms with Crippen molar-refractivity contribution < 1.29 is 4.39 Å². The van der Waals surface area contributed by atoms with Crippen molar-refractivity contribution in [2.45, 2.75) is 32.4 Å². The van der Waals surface area contributed by atoms with Gasteiger partial charge in [0.1, 0.15) is 5.82 Å². The second kappa shape index (κ2) is 7.34. The molecular formula is C17H26FN3. The van der Waals surface area contributed by atoms with Crippen LogP contribution in [0.4, 0.5) is 4.39 Å². The fourth-order valence-corrected chi connectivity index (χ4v) is 3.30. The lowest BCUT2D eigenvalue weighted by atomic mass is 10.1. The summed E-state index contributed by atoms with van der Waals surface area (Å²) in [5.41, 5.74) is 1.94. The van der Waals surface area contributed by atoms with Gasteiger partial charge in [-0.15, -0.1) is 0 Å². The largest absolute Gasteiger partial charge is 0.314 e. The van der Waals surface area contributed by atoms with Gasteiger partial charge in [0.05, 0.1) is 0 Å². The number of hydrogen-bond donors (Lipinski definition) is 1. The second-order valence-corrected chi connectivity index (χ2v) is 6.29. The molecule has 0 radical (unpaired) electrons. The van der Waals surface area contributed by atoms with Gasteiger partial charge < -0.3 is 5.32 Å². The molecule has 0 saturated carbocycles. The summed E-state index contributed by atoms with van der Waals surface area (Å²) in [7, 11) is 0. The zero-order chi connectivity index (χ0) is 14.5. The van der Waals surface area contributed by atoms with Crippen molar-refractivity contribution in [1.29, 1.82) is 0 Å². The van der Waals surface area contributed by atoms with Crippen molar-refractivity contribution in [3.8, 4) is 0 Å². The zero-order valence-corrected chi connectivity index (χ0v) is 12.8. The minimum atomic E-state index is -0.0341. The summed E-state index contributed by atoms with van der Waals surface area (Å²) in [5.74, 6) is -0.0341. The van der Waals surface area contributed by atoms with Gasteiger partial charge >= 0.3 is 0 Å².